The summed E-state index contributed by atoms with van der Waals surface area (Å²) in [5.74, 6) is 2.51. The first kappa shape index (κ1) is 14.1. The molecular formula is C14H25N5. The first-order valence-corrected chi connectivity index (χ1v) is 6.98. The Morgan fingerprint density at radius 1 is 1.21 bits per heavy atom. The molecule has 0 radical (unpaired) electrons. The van der Waals surface area contributed by atoms with E-state index in [1.54, 1.807) is 0 Å². The average Bonchev–Trinajstić information content (AvgIpc) is 2.36. The van der Waals surface area contributed by atoms with Gasteiger partial charge in [0.1, 0.15) is 5.82 Å². The van der Waals surface area contributed by atoms with E-state index in [9.17, 15) is 0 Å². The number of anilines is 2. The van der Waals surface area contributed by atoms with Crippen molar-refractivity contribution in [1.29, 1.82) is 0 Å². The Morgan fingerprint density at radius 3 is 2.58 bits per heavy atom. The summed E-state index contributed by atoms with van der Waals surface area (Å²) in [5, 5.41) is 3.42. The highest BCUT2D eigenvalue weighted by Crippen LogP contribution is 2.25. The molecule has 106 valence electrons. The molecule has 0 saturated carbocycles. The fraction of sp³-hybridized carbons (Fsp3) is 0.714. The van der Waals surface area contributed by atoms with Crippen LogP contribution in [0.15, 0.2) is 0 Å². The highest BCUT2D eigenvalue weighted by Gasteiger charge is 2.20. The molecule has 2 rings (SSSR count). The van der Waals surface area contributed by atoms with Crippen molar-refractivity contribution in [2.75, 3.05) is 44.0 Å². The Hall–Kier alpha value is -1.36. The van der Waals surface area contributed by atoms with Crippen LogP contribution in [0.25, 0.3) is 0 Å². The normalized spacial score (nSPS) is 14.4. The highest BCUT2D eigenvalue weighted by molar-refractivity contribution is 5.53. The summed E-state index contributed by atoms with van der Waals surface area (Å²) in [7, 11) is 6.11. The Morgan fingerprint density at radius 2 is 1.95 bits per heavy atom. The molecule has 0 aromatic carbocycles. The monoisotopic (exact) mass is 263 g/mol. The van der Waals surface area contributed by atoms with Gasteiger partial charge in [0, 0.05) is 52.8 Å². The predicted octanol–water partition coefficient (Wildman–Crippen LogP) is 1.28. The number of fused-ring (bicyclic) bond motifs is 1. The van der Waals surface area contributed by atoms with Gasteiger partial charge in [-0.1, -0.05) is 13.8 Å². The zero-order chi connectivity index (χ0) is 14.0. The van der Waals surface area contributed by atoms with E-state index in [0.29, 0.717) is 5.92 Å². The maximum Gasteiger partial charge on any atom is 0.227 e. The van der Waals surface area contributed by atoms with Crippen LogP contribution in [-0.4, -0.2) is 44.2 Å². The van der Waals surface area contributed by atoms with Crippen LogP contribution in [0, 0.1) is 5.92 Å². The van der Waals surface area contributed by atoms with Gasteiger partial charge in [-0.3, -0.25) is 0 Å². The van der Waals surface area contributed by atoms with E-state index in [1.165, 1.54) is 11.3 Å². The fourth-order valence-electron chi connectivity index (χ4n) is 2.46. The lowest BCUT2D eigenvalue weighted by Gasteiger charge is -2.28. The minimum Gasteiger partial charge on any atom is -0.359 e. The van der Waals surface area contributed by atoms with Gasteiger partial charge >= 0.3 is 0 Å². The third-order valence-electron chi connectivity index (χ3n) is 3.30. The van der Waals surface area contributed by atoms with E-state index < -0.39 is 0 Å². The molecule has 1 N–H and O–H groups in total. The minimum atomic E-state index is 0.620. The second kappa shape index (κ2) is 5.74. The van der Waals surface area contributed by atoms with Crippen molar-refractivity contribution in [3.63, 3.8) is 0 Å². The van der Waals surface area contributed by atoms with Crippen molar-refractivity contribution < 1.29 is 0 Å². The van der Waals surface area contributed by atoms with Crippen molar-refractivity contribution in [3.8, 4) is 0 Å². The molecule has 0 spiro atoms. The Bertz CT molecular complexity index is 442. The lowest BCUT2D eigenvalue weighted by Crippen LogP contribution is -2.32. The van der Waals surface area contributed by atoms with E-state index in [1.807, 2.05) is 19.0 Å². The lowest BCUT2D eigenvalue weighted by atomic mass is 10.1. The Kier molecular flexibility index (Phi) is 4.24. The molecule has 0 unspecified atom stereocenters. The summed E-state index contributed by atoms with van der Waals surface area (Å²) in [5.41, 5.74) is 2.46. The van der Waals surface area contributed by atoms with Gasteiger partial charge in [0.2, 0.25) is 5.95 Å². The summed E-state index contributed by atoms with van der Waals surface area (Å²) >= 11 is 0. The summed E-state index contributed by atoms with van der Waals surface area (Å²) in [6.45, 7) is 7.35. The number of nitrogens with one attached hydrogen (secondary N) is 1. The van der Waals surface area contributed by atoms with Gasteiger partial charge in [-0.25, -0.2) is 4.98 Å². The summed E-state index contributed by atoms with van der Waals surface area (Å²) in [6.07, 6.45) is 0.987. The summed E-state index contributed by atoms with van der Waals surface area (Å²) < 4.78 is 0. The van der Waals surface area contributed by atoms with Crippen LogP contribution in [0.4, 0.5) is 11.8 Å². The van der Waals surface area contributed by atoms with Gasteiger partial charge in [-0.2, -0.15) is 4.98 Å². The van der Waals surface area contributed by atoms with Gasteiger partial charge < -0.3 is 15.1 Å². The average molecular weight is 263 g/mol. The molecule has 1 aromatic rings. The van der Waals surface area contributed by atoms with Gasteiger partial charge in [0.15, 0.2) is 0 Å². The second-order valence-corrected chi connectivity index (χ2v) is 5.87. The van der Waals surface area contributed by atoms with Crippen molar-refractivity contribution in [2.24, 2.45) is 5.92 Å². The zero-order valence-electron chi connectivity index (χ0n) is 12.7. The van der Waals surface area contributed by atoms with Gasteiger partial charge in [-0.15, -0.1) is 0 Å². The standard InChI is InChI=1S/C14H25N5/c1-10(2)9-19(5)13-11-8-15-7-6-12(11)16-14(17-13)18(3)4/h10,15H,6-9H2,1-5H3. The van der Waals surface area contributed by atoms with E-state index >= 15 is 0 Å². The molecule has 0 saturated heterocycles. The van der Waals surface area contributed by atoms with Crippen LogP contribution in [-0.2, 0) is 13.0 Å². The lowest BCUT2D eigenvalue weighted by molar-refractivity contribution is 0.605. The number of hydrogen-bond donors (Lipinski definition) is 1. The zero-order valence-corrected chi connectivity index (χ0v) is 12.7. The molecular weight excluding hydrogens is 238 g/mol. The van der Waals surface area contributed by atoms with Crippen LogP contribution < -0.4 is 15.1 Å². The predicted molar refractivity (Wildman–Crippen MR) is 79.9 cm³/mol. The van der Waals surface area contributed by atoms with E-state index in [2.05, 4.69) is 36.1 Å². The number of rotatable bonds is 4. The maximum atomic E-state index is 4.74. The molecule has 2 heterocycles. The first-order valence-electron chi connectivity index (χ1n) is 6.98. The van der Waals surface area contributed by atoms with Crippen LogP contribution in [0.2, 0.25) is 0 Å². The topological polar surface area (TPSA) is 44.3 Å². The SMILES string of the molecule is CC(C)CN(C)c1nc(N(C)C)nc2c1CNCC2. The molecule has 0 bridgehead atoms. The maximum absolute atomic E-state index is 4.74. The van der Waals surface area contributed by atoms with Crippen molar-refractivity contribution in [1.82, 2.24) is 15.3 Å². The van der Waals surface area contributed by atoms with E-state index in [0.717, 1.165) is 37.8 Å². The van der Waals surface area contributed by atoms with Crippen LogP contribution in [0.1, 0.15) is 25.1 Å². The second-order valence-electron chi connectivity index (χ2n) is 5.87. The van der Waals surface area contributed by atoms with Crippen LogP contribution in [0.5, 0.6) is 0 Å². The fourth-order valence-corrected chi connectivity index (χ4v) is 2.46. The molecule has 1 aliphatic heterocycles. The molecule has 0 amide bonds. The summed E-state index contributed by atoms with van der Waals surface area (Å²) in [4.78, 5) is 13.7. The highest BCUT2D eigenvalue weighted by atomic mass is 15.3. The first-order chi connectivity index (χ1) is 8.99. The van der Waals surface area contributed by atoms with Crippen molar-refractivity contribution >= 4 is 11.8 Å². The molecule has 1 aromatic heterocycles. The molecule has 5 nitrogen and oxygen atoms in total. The third kappa shape index (κ3) is 3.15. The molecule has 0 aliphatic carbocycles. The van der Waals surface area contributed by atoms with Gasteiger partial charge in [-0.05, 0) is 5.92 Å². The number of nitrogens with zero attached hydrogens (tertiary/aromatic N) is 4. The molecule has 1 aliphatic rings. The molecule has 5 heteroatoms. The van der Waals surface area contributed by atoms with Gasteiger partial charge in [0.25, 0.3) is 0 Å². The minimum absolute atomic E-state index is 0.620. The number of aromatic nitrogens is 2. The molecule has 0 atom stereocenters. The largest absolute Gasteiger partial charge is 0.359 e. The Labute approximate surface area is 116 Å². The van der Waals surface area contributed by atoms with E-state index in [4.69, 9.17) is 4.98 Å². The van der Waals surface area contributed by atoms with Gasteiger partial charge in [0.05, 0.1) is 5.69 Å². The van der Waals surface area contributed by atoms with Crippen LogP contribution >= 0.6 is 0 Å². The molecule has 0 fully saturated rings. The third-order valence-corrected chi connectivity index (χ3v) is 3.30. The van der Waals surface area contributed by atoms with E-state index in [-0.39, 0.29) is 0 Å². The van der Waals surface area contributed by atoms with Crippen LogP contribution in [0.3, 0.4) is 0 Å². The molecule has 19 heavy (non-hydrogen) atoms. The summed E-state index contributed by atoms with van der Waals surface area (Å²) in [6, 6.07) is 0. The smallest absolute Gasteiger partial charge is 0.227 e. The number of hydrogen-bond acceptors (Lipinski definition) is 5. The van der Waals surface area contributed by atoms with Crippen molar-refractivity contribution in [2.45, 2.75) is 26.8 Å². The van der Waals surface area contributed by atoms with Crippen molar-refractivity contribution in [3.05, 3.63) is 11.3 Å². The Balaban J connectivity index is 2.41. The quantitative estimate of drug-likeness (QED) is 0.886.